The van der Waals surface area contributed by atoms with E-state index in [1.165, 1.54) is 12.8 Å². The van der Waals surface area contributed by atoms with Crippen molar-refractivity contribution in [1.29, 1.82) is 15.8 Å². The molecule has 4 aromatic heterocycles. The topological polar surface area (TPSA) is 428 Å². The van der Waals surface area contributed by atoms with Gasteiger partial charge in [0, 0.05) is 171 Å². The number of rotatable bonds is 29. The van der Waals surface area contributed by atoms with Crippen molar-refractivity contribution in [2.24, 2.45) is 21.7 Å². The molecule has 4 fully saturated rings. The minimum absolute atomic E-state index is 0.0253. The standard InChI is InChI=1S/C27H40N8O2.2C25H35N7O.C24H34N8O/c1-8-37-32-25(36)20-11-10-19(2)22(16-20)29-23-21(17-28)24(35-13-9-12-33(6)14-15-35)31-26(30-23)34(7)18-27(3,4)5;1-16-11-12-17(23(33)27-5)13-20(16)29-21-19(14-26)22(32(6)15-25(2,3)4)31-24(30-21)28-18-9-7-8-10-18;1-8-19-21(28-18-11-12-27-14-18)30-24(31-22(19)32(7)15-25(3,4)5)29-20-13-17(23(33)26-6)10-9-16(20)2;1-15-7-8-16(22(33)26-5)11-19(15)29-21-18(12-25)20(28-17-9-10-27-13-17)30-23(31-21)32(6)14-24(2,3)4/h10-11,16H,8-9,12-15,18H2,1-7H3,(H,32,36)(H,29,30,31);11-13,18H,7-10,15H2,1-6H3,(H,27,33)(H2,28,29,30,31);1,9-10,13,18,27H,11-12,14-15H2,2-7H3,(H,26,33)(H2,28,29,30,31);7-8,11,17,27H,9-10,13-14H2,1-6H3,(H,26,33)(H2,28,29,30,31)/t;;18-;17-/m..11/s1. The molecule has 4 aliphatic rings. The van der Waals surface area contributed by atoms with E-state index < -0.39 is 0 Å². The summed E-state index contributed by atoms with van der Waals surface area (Å²) in [6.07, 6.45) is 13.5. The van der Waals surface area contributed by atoms with Gasteiger partial charge in [0.2, 0.25) is 23.8 Å². The molecule has 1 saturated carbocycles. The smallest absolute Gasteiger partial charge is 0.274 e. The third kappa shape index (κ3) is 30.8. The van der Waals surface area contributed by atoms with Crippen LogP contribution in [0.5, 0.6) is 0 Å². The Morgan fingerprint density at radius 1 is 0.441 bits per heavy atom. The van der Waals surface area contributed by atoms with Gasteiger partial charge in [-0.25, -0.2) is 5.48 Å². The lowest BCUT2D eigenvalue weighted by Gasteiger charge is -2.29. The molecule has 3 saturated heterocycles. The highest BCUT2D eigenvalue weighted by Crippen LogP contribution is 2.38. The molecule has 3 aliphatic heterocycles. The molecule has 2 atom stereocenters. The molecule has 0 radical (unpaired) electrons. The molecule has 12 rings (SSSR count). The molecule has 136 heavy (non-hydrogen) atoms. The van der Waals surface area contributed by atoms with Crippen LogP contribution in [0, 0.1) is 95.7 Å². The van der Waals surface area contributed by atoms with Crippen LogP contribution >= 0.6 is 0 Å². The van der Waals surface area contributed by atoms with Crippen molar-refractivity contribution in [3.63, 3.8) is 0 Å². The van der Waals surface area contributed by atoms with Crippen LogP contribution < -0.4 is 93.8 Å². The van der Waals surface area contributed by atoms with Gasteiger partial charge in [0.05, 0.1) is 6.61 Å². The van der Waals surface area contributed by atoms with Gasteiger partial charge in [-0.1, -0.05) is 126 Å². The van der Waals surface area contributed by atoms with Crippen molar-refractivity contribution in [2.75, 3.05) is 203 Å². The van der Waals surface area contributed by atoms with Gasteiger partial charge in [-0.3, -0.25) is 24.0 Å². The average molecular weight is 1860 g/mol. The largest absolute Gasteiger partial charge is 0.365 e. The van der Waals surface area contributed by atoms with E-state index in [1.54, 1.807) is 76.6 Å². The molecule has 1 aliphatic carbocycles. The molecule has 0 bridgehead atoms. The first-order valence-electron chi connectivity index (χ1n) is 46.8. The summed E-state index contributed by atoms with van der Waals surface area (Å²) in [5.41, 5.74) is 13.1. The van der Waals surface area contributed by atoms with Crippen LogP contribution in [-0.4, -0.2) is 228 Å². The number of carbonyl (C=O) groups is 4. The van der Waals surface area contributed by atoms with Crippen LogP contribution in [-0.2, 0) is 4.84 Å². The Morgan fingerprint density at radius 3 is 1.24 bits per heavy atom. The lowest BCUT2D eigenvalue weighted by Crippen LogP contribution is -2.33. The Morgan fingerprint density at radius 2 is 0.824 bits per heavy atom. The summed E-state index contributed by atoms with van der Waals surface area (Å²) >= 11 is 0. The molecule has 4 aromatic carbocycles. The van der Waals surface area contributed by atoms with E-state index in [0.29, 0.717) is 139 Å². The maximum atomic E-state index is 12.5. The van der Waals surface area contributed by atoms with Gasteiger partial charge < -0.3 is 93.2 Å². The highest BCUT2D eigenvalue weighted by Gasteiger charge is 2.32. The molecule has 35 nitrogen and oxygen atoms in total. The van der Waals surface area contributed by atoms with E-state index >= 15 is 0 Å². The molecule has 728 valence electrons. The Balaban J connectivity index is 0.000000204. The number of nitriles is 3. The fraction of sp³-hybridized carbons (Fsp3) is 0.515. The molecular weight excluding hydrogens is 1710 g/mol. The number of anilines is 16. The first-order valence-corrected chi connectivity index (χ1v) is 46.8. The highest BCUT2D eigenvalue weighted by molar-refractivity contribution is 5.98. The van der Waals surface area contributed by atoms with Gasteiger partial charge >= 0.3 is 0 Å². The molecule has 0 spiro atoms. The van der Waals surface area contributed by atoms with Crippen molar-refractivity contribution < 1.29 is 24.0 Å². The maximum Gasteiger partial charge on any atom is 0.274 e. The number of aryl methyl sites for hydroxylation is 4. The van der Waals surface area contributed by atoms with Crippen LogP contribution in [0.15, 0.2) is 72.8 Å². The van der Waals surface area contributed by atoms with Gasteiger partial charge in [0.1, 0.15) is 46.3 Å². The minimum atomic E-state index is -0.340. The second kappa shape index (κ2) is 48.1. The van der Waals surface area contributed by atoms with E-state index in [-0.39, 0.29) is 57.4 Å². The third-order valence-electron chi connectivity index (χ3n) is 22.8. The Hall–Kier alpha value is -13.5. The van der Waals surface area contributed by atoms with Crippen molar-refractivity contribution in [3.05, 3.63) is 140 Å². The van der Waals surface area contributed by atoms with E-state index in [4.69, 9.17) is 51.1 Å². The quantitative estimate of drug-likeness (QED) is 0.0153. The summed E-state index contributed by atoms with van der Waals surface area (Å²) in [6, 6.07) is 29.4. The molecular formula is C101H144N30O5. The normalized spacial score (nSPS) is 14.9. The summed E-state index contributed by atoms with van der Waals surface area (Å²) in [7, 11) is 14.8. The first kappa shape index (κ1) is 106. The van der Waals surface area contributed by atoms with E-state index in [1.807, 2.05) is 94.9 Å². The fourth-order valence-corrected chi connectivity index (χ4v) is 16.3. The first-order chi connectivity index (χ1) is 64.3. The number of likely N-dealkylation sites (N-methyl/N-ethyl adjacent to an activating group) is 1. The number of nitrogens with zero attached hydrogens (tertiary/aromatic N) is 17. The van der Waals surface area contributed by atoms with Crippen LogP contribution in [0.25, 0.3) is 0 Å². The van der Waals surface area contributed by atoms with Crippen LogP contribution in [0.2, 0.25) is 0 Å². The van der Waals surface area contributed by atoms with Gasteiger partial charge in [-0.2, -0.15) is 55.7 Å². The summed E-state index contributed by atoms with van der Waals surface area (Å²) in [5, 5.41) is 68.7. The maximum absolute atomic E-state index is 12.5. The number of terminal acetylenes is 1. The number of nitrogens with one attached hydrogen (secondary N) is 13. The highest BCUT2D eigenvalue weighted by atomic mass is 16.6. The van der Waals surface area contributed by atoms with E-state index in [2.05, 4.69) is 198 Å². The van der Waals surface area contributed by atoms with Crippen molar-refractivity contribution in [2.45, 2.75) is 181 Å². The zero-order valence-electron chi connectivity index (χ0n) is 84.5. The predicted molar refractivity (Wildman–Crippen MR) is 548 cm³/mol. The van der Waals surface area contributed by atoms with Crippen LogP contribution in [0.3, 0.4) is 0 Å². The summed E-state index contributed by atoms with van der Waals surface area (Å²) in [5.74, 6) is 8.32. The monoisotopic (exact) mass is 1860 g/mol. The van der Waals surface area contributed by atoms with Crippen molar-refractivity contribution >= 4 is 117 Å². The second-order valence-corrected chi connectivity index (χ2v) is 40.2. The van der Waals surface area contributed by atoms with Gasteiger partial charge in [-0.15, -0.1) is 6.42 Å². The van der Waals surface area contributed by atoms with E-state index in [0.717, 1.165) is 144 Å². The van der Waals surface area contributed by atoms with Gasteiger partial charge in [-0.05, 0) is 186 Å². The van der Waals surface area contributed by atoms with Gasteiger partial charge in [0.15, 0.2) is 40.7 Å². The SMILES string of the molecule is C#Cc1c(N[C@@H]2CCNC2)nc(Nc2cc(C(=O)NC)ccc2C)nc1N(C)CC(C)(C)C.CCONC(=O)c1ccc(C)c(Nc2nc(N(C)CC(C)(C)C)nc(N3CCCN(C)CC3)c2C#N)c1.CNC(=O)c1ccc(C)c(Nc2nc(N(C)CC(C)(C)C)nc(N[C@@H]3CCNC3)c2C#N)c1.CNC(=O)c1ccc(C)c(Nc2nc(NC3CCCC3)nc(N(C)CC(C)(C)C)c2C#N)c1. The predicted octanol–water partition coefficient (Wildman–Crippen LogP) is 14.4. The van der Waals surface area contributed by atoms with Crippen molar-refractivity contribution in [1.82, 2.24) is 76.8 Å². The Bertz CT molecular complexity index is 5550. The number of aromatic nitrogens is 8. The number of carbonyl (C=O) groups excluding carboxylic acids is 4. The fourth-order valence-electron chi connectivity index (χ4n) is 16.3. The number of hydroxylamine groups is 1. The van der Waals surface area contributed by atoms with Crippen molar-refractivity contribution in [3.8, 4) is 30.6 Å². The van der Waals surface area contributed by atoms with E-state index in [9.17, 15) is 35.0 Å². The molecule has 7 heterocycles. The van der Waals surface area contributed by atoms with Crippen LogP contribution in [0.4, 0.5) is 93.1 Å². The lowest BCUT2D eigenvalue weighted by atomic mass is 9.96. The number of amides is 4. The zero-order chi connectivity index (χ0) is 99.7. The van der Waals surface area contributed by atoms with Gasteiger partial charge in [0.25, 0.3) is 23.6 Å². The Labute approximate surface area is 804 Å². The average Bonchev–Trinajstić information content (AvgIpc) is 0.993. The molecule has 35 heteroatoms. The third-order valence-corrected chi connectivity index (χ3v) is 22.8. The minimum Gasteiger partial charge on any atom is -0.365 e. The number of hydrogen-bond donors (Lipinski definition) is 13. The summed E-state index contributed by atoms with van der Waals surface area (Å²) in [4.78, 5) is 105. The summed E-state index contributed by atoms with van der Waals surface area (Å²) in [6.45, 7) is 46.0. The molecule has 8 aromatic rings. The number of hydrogen-bond acceptors (Lipinski definition) is 31. The van der Waals surface area contributed by atoms with Crippen LogP contribution in [0.1, 0.15) is 221 Å². The lowest BCUT2D eigenvalue weighted by molar-refractivity contribution is 0.0364. The molecule has 4 amide bonds. The molecule has 13 N–H and O–H groups in total. The molecule has 0 unspecified atom stereocenters. The summed E-state index contributed by atoms with van der Waals surface area (Å²) < 4.78 is 0. The zero-order valence-corrected chi connectivity index (χ0v) is 84.5. The second-order valence-electron chi connectivity index (χ2n) is 40.2. The Kier molecular flexibility index (Phi) is 37.6. The number of benzene rings is 4.